The SMILES string of the molecule is CCOc1nc(N)nc2c1ncn2C1OC(F)(COP(=O)(NC(C)C(=O)OCC(C)(C)C)Oc2cccc3c2C=CCN3)C(O)C1(C)F. The van der Waals surface area contributed by atoms with Crippen LogP contribution in [0.5, 0.6) is 11.6 Å². The standard InChI is InChI=1S/C30H40F2N7O8P/c1-7-43-23-21-22(36-27(33)37-23)39(16-35-21)26-29(6,31)25(41)30(32,46-26)15-45-48(42,38-17(2)24(40)44-14-28(3,4)5)47-20-12-8-11-19-18(20)10-9-13-34-19/h8-12,16-17,25-26,34,41H,7,13-15H2,1-6H3,(H,38,42)(H2,33,36,37). The molecule has 1 aromatic carbocycles. The van der Waals surface area contributed by atoms with Gasteiger partial charge in [0.05, 0.1) is 19.5 Å². The predicted octanol–water partition coefficient (Wildman–Crippen LogP) is 4.30. The summed E-state index contributed by atoms with van der Waals surface area (Å²) in [5.41, 5.74) is 3.87. The molecular weight excluding hydrogens is 655 g/mol. The molecule has 0 bridgehead atoms. The number of aliphatic hydroxyl groups is 1. The van der Waals surface area contributed by atoms with Gasteiger partial charge in [-0.15, -0.1) is 0 Å². The van der Waals surface area contributed by atoms with Crippen molar-refractivity contribution < 1.29 is 46.5 Å². The highest BCUT2D eigenvalue weighted by molar-refractivity contribution is 7.52. The summed E-state index contributed by atoms with van der Waals surface area (Å²) in [6.45, 7) is 9.09. The zero-order chi connectivity index (χ0) is 35.1. The molecule has 2 aliphatic heterocycles. The number of fused-ring (bicyclic) bond motifs is 2. The smallest absolute Gasteiger partial charge is 0.459 e. The van der Waals surface area contributed by atoms with Crippen LogP contribution >= 0.6 is 7.75 Å². The number of aromatic nitrogens is 4. The fourth-order valence-corrected chi connectivity index (χ4v) is 6.59. The number of hydrogen-bond acceptors (Lipinski definition) is 13. The zero-order valence-electron chi connectivity index (χ0n) is 27.4. The van der Waals surface area contributed by atoms with Crippen LogP contribution < -0.4 is 25.4 Å². The van der Waals surface area contributed by atoms with Crippen molar-refractivity contribution in [2.45, 2.75) is 71.4 Å². The van der Waals surface area contributed by atoms with E-state index in [-0.39, 0.29) is 47.4 Å². The Morgan fingerprint density at radius 3 is 2.79 bits per heavy atom. The molecule has 6 atom stereocenters. The molecule has 1 fully saturated rings. The Morgan fingerprint density at radius 2 is 2.08 bits per heavy atom. The topological polar surface area (TPSA) is 194 Å². The van der Waals surface area contributed by atoms with Gasteiger partial charge in [-0.3, -0.25) is 13.9 Å². The lowest BCUT2D eigenvalue weighted by Gasteiger charge is -2.29. The number of aliphatic hydroxyl groups excluding tert-OH is 1. The van der Waals surface area contributed by atoms with Gasteiger partial charge < -0.3 is 34.9 Å². The summed E-state index contributed by atoms with van der Waals surface area (Å²) in [6, 6.07) is 3.64. The number of nitrogens with two attached hydrogens (primary N) is 1. The van der Waals surface area contributed by atoms with Crippen molar-refractivity contribution >= 4 is 42.6 Å². The van der Waals surface area contributed by atoms with Crippen molar-refractivity contribution in [3.05, 3.63) is 36.2 Å². The van der Waals surface area contributed by atoms with Gasteiger partial charge in [-0.05, 0) is 38.3 Å². The van der Waals surface area contributed by atoms with Gasteiger partial charge in [0.15, 0.2) is 29.2 Å². The van der Waals surface area contributed by atoms with Crippen LogP contribution in [0.4, 0.5) is 20.4 Å². The molecule has 0 radical (unpaired) electrons. The highest BCUT2D eigenvalue weighted by Gasteiger charge is 2.65. The highest BCUT2D eigenvalue weighted by atomic mass is 31.2. The summed E-state index contributed by atoms with van der Waals surface area (Å²) >= 11 is 0. The van der Waals surface area contributed by atoms with Gasteiger partial charge in [0, 0.05) is 17.8 Å². The van der Waals surface area contributed by atoms with Gasteiger partial charge in [-0.1, -0.05) is 39.0 Å². The Hall–Kier alpha value is -3.89. The Labute approximate surface area is 275 Å². The lowest BCUT2D eigenvalue weighted by molar-refractivity contribution is -0.202. The Balaban J connectivity index is 1.43. The molecule has 5 N–H and O–H groups in total. The number of carbonyl (C=O) groups excluding carboxylic acids is 1. The van der Waals surface area contributed by atoms with Crippen molar-refractivity contribution in [2.75, 3.05) is 37.4 Å². The number of nitrogen functional groups attached to an aromatic ring is 1. The summed E-state index contributed by atoms with van der Waals surface area (Å²) < 4.78 is 75.7. The van der Waals surface area contributed by atoms with Gasteiger partial charge in [0.2, 0.25) is 11.8 Å². The van der Waals surface area contributed by atoms with Gasteiger partial charge in [-0.25, -0.2) is 18.3 Å². The largest absolute Gasteiger partial charge is 0.476 e. The predicted molar refractivity (Wildman–Crippen MR) is 172 cm³/mol. The maximum Gasteiger partial charge on any atom is 0.459 e. The first-order valence-electron chi connectivity index (χ1n) is 15.2. The molecule has 3 aromatic rings. The first-order chi connectivity index (χ1) is 22.5. The molecule has 5 rings (SSSR count). The number of esters is 1. The van der Waals surface area contributed by atoms with E-state index >= 15 is 8.78 Å². The third kappa shape index (κ3) is 7.25. The molecule has 1 saturated heterocycles. The summed E-state index contributed by atoms with van der Waals surface area (Å²) in [5.74, 6) is -4.21. The minimum Gasteiger partial charge on any atom is -0.476 e. The highest BCUT2D eigenvalue weighted by Crippen LogP contribution is 2.53. The Morgan fingerprint density at radius 1 is 1.33 bits per heavy atom. The number of anilines is 2. The number of benzene rings is 1. The molecule has 0 spiro atoms. The molecule has 15 nitrogen and oxygen atoms in total. The van der Waals surface area contributed by atoms with E-state index < -0.39 is 50.2 Å². The van der Waals surface area contributed by atoms with Gasteiger partial charge in [0.25, 0.3) is 5.85 Å². The third-order valence-electron chi connectivity index (χ3n) is 7.44. The number of ether oxygens (including phenoxy) is 3. The molecule has 48 heavy (non-hydrogen) atoms. The molecule has 4 heterocycles. The maximum atomic E-state index is 16.5. The summed E-state index contributed by atoms with van der Waals surface area (Å²) in [4.78, 5) is 25.0. The van der Waals surface area contributed by atoms with E-state index in [0.29, 0.717) is 17.8 Å². The number of imidazole rings is 1. The van der Waals surface area contributed by atoms with Crippen molar-refractivity contribution in [2.24, 2.45) is 5.41 Å². The number of nitrogens with zero attached hydrogens (tertiary/aromatic N) is 4. The minimum absolute atomic E-state index is 0.0140. The van der Waals surface area contributed by atoms with Crippen molar-refractivity contribution in [3.8, 4) is 11.6 Å². The van der Waals surface area contributed by atoms with E-state index in [1.165, 1.54) is 13.0 Å². The number of halogens is 2. The van der Waals surface area contributed by atoms with Gasteiger partial charge in [-0.2, -0.15) is 15.1 Å². The van der Waals surface area contributed by atoms with Crippen LogP contribution in [0, 0.1) is 5.41 Å². The molecule has 18 heteroatoms. The maximum absolute atomic E-state index is 16.5. The molecule has 2 aliphatic rings. The summed E-state index contributed by atoms with van der Waals surface area (Å²) in [7, 11) is -4.70. The van der Waals surface area contributed by atoms with E-state index in [1.54, 1.807) is 31.2 Å². The molecule has 0 aliphatic carbocycles. The van der Waals surface area contributed by atoms with Crippen LogP contribution in [0.25, 0.3) is 17.2 Å². The van der Waals surface area contributed by atoms with Crippen LogP contribution in [-0.2, 0) is 23.4 Å². The van der Waals surface area contributed by atoms with Crippen molar-refractivity contribution in [1.82, 2.24) is 24.6 Å². The lowest BCUT2D eigenvalue weighted by Crippen LogP contribution is -2.47. The van der Waals surface area contributed by atoms with E-state index in [0.717, 1.165) is 17.8 Å². The first kappa shape index (κ1) is 35.4. The molecule has 0 amide bonds. The molecule has 0 saturated carbocycles. The van der Waals surface area contributed by atoms with Crippen LogP contribution in [0.3, 0.4) is 0 Å². The number of hydrogen-bond donors (Lipinski definition) is 4. The molecule has 2 aromatic heterocycles. The van der Waals surface area contributed by atoms with Gasteiger partial charge in [0.1, 0.15) is 18.4 Å². The number of nitrogens with one attached hydrogen (secondary N) is 2. The Bertz CT molecular complexity index is 1750. The van der Waals surface area contributed by atoms with Crippen LogP contribution in [0.2, 0.25) is 0 Å². The number of carbonyl (C=O) groups is 1. The second kappa shape index (κ2) is 13.2. The minimum atomic E-state index is -4.70. The second-order valence-corrected chi connectivity index (χ2v) is 14.5. The average Bonchev–Trinajstić information content (AvgIpc) is 3.51. The van der Waals surface area contributed by atoms with Crippen LogP contribution in [0.15, 0.2) is 30.6 Å². The summed E-state index contributed by atoms with van der Waals surface area (Å²) in [6.07, 6.45) is 0.320. The van der Waals surface area contributed by atoms with Crippen LogP contribution in [0.1, 0.15) is 53.3 Å². The monoisotopic (exact) mass is 695 g/mol. The summed E-state index contributed by atoms with van der Waals surface area (Å²) in [5, 5.41) is 16.6. The quantitative estimate of drug-likeness (QED) is 0.155. The second-order valence-electron chi connectivity index (χ2n) is 12.8. The van der Waals surface area contributed by atoms with E-state index in [4.69, 9.17) is 29.0 Å². The van der Waals surface area contributed by atoms with Crippen molar-refractivity contribution in [1.29, 1.82) is 0 Å². The molecule has 6 unspecified atom stereocenters. The van der Waals surface area contributed by atoms with Gasteiger partial charge >= 0.3 is 13.7 Å². The van der Waals surface area contributed by atoms with E-state index in [9.17, 15) is 14.5 Å². The third-order valence-corrected chi connectivity index (χ3v) is 9.05. The normalized spacial score (nSPS) is 25.6. The van der Waals surface area contributed by atoms with Crippen LogP contribution in [-0.4, -0.2) is 80.6 Å². The fourth-order valence-electron chi connectivity index (χ4n) is 5.07. The van der Waals surface area contributed by atoms with Crippen molar-refractivity contribution in [3.63, 3.8) is 0 Å². The lowest BCUT2D eigenvalue weighted by atomic mass is 9.97. The Kier molecular flexibility index (Phi) is 9.74. The fraction of sp³-hybridized carbons (Fsp3) is 0.533. The molecule has 262 valence electrons. The zero-order valence-corrected chi connectivity index (χ0v) is 28.3. The molecular formula is C30H40F2N7O8P. The first-order valence-corrected chi connectivity index (χ1v) is 16.8. The average molecular weight is 696 g/mol. The van der Waals surface area contributed by atoms with E-state index in [1.807, 2.05) is 20.8 Å². The number of rotatable bonds is 12. The van der Waals surface area contributed by atoms with E-state index in [2.05, 4.69) is 25.4 Å². The number of alkyl halides is 2.